The van der Waals surface area contributed by atoms with Gasteiger partial charge in [0.15, 0.2) is 6.10 Å². The molecule has 0 spiro atoms. The second-order valence-corrected chi connectivity index (χ2v) is 20.5. The molecule has 0 saturated carbocycles. The van der Waals surface area contributed by atoms with Crippen LogP contribution < -0.4 is 0 Å². The fourth-order valence-corrected chi connectivity index (χ4v) is 8.61. The molecule has 0 bridgehead atoms. The third kappa shape index (κ3) is 60.8. The summed E-state index contributed by atoms with van der Waals surface area (Å²) in [6, 6.07) is 0. The zero-order valence-electron chi connectivity index (χ0n) is 49.0. The standard InChI is InChI=1S/C69H116O6/c1-4-7-10-13-16-19-22-25-28-30-31-32-33-34-35-36-37-39-41-44-47-50-53-56-59-62-68(71)74-65-66(64-73-67(70)61-58-55-52-49-46-43-40-27-24-21-18-15-12-9-6-3)75-69(72)63-60-57-54-51-48-45-42-38-29-26-23-20-17-14-11-8-5-2/h8-9,11-12,17-18,20-21,26-27,29-31,40,42,45,51,54,66H,4-7,10,13-16,19,22-25,28,32-39,41,43-44,46-50,52-53,55-65H2,1-3H3/b11-8-,12-9-,20-17-,21-18-,29-26-,31-30-,40-27-,45-42-,54-51-. The predicted molar refractivity (Wildman–Crippen MR) is 325 cm³/mol. The van der Waals surface area contributed by atoms with Crippen LogP contribution in [-0.2, 0) is 28.6 Å². The van der Waals surface area contributed by atoms with E-state index in [-0.39, 0.29) is 37.5 Å². The van der Waals surface area contributed by atoms with Crippen LogP contribution in [0, 0.1) is 0 Å². The van der Waals surface area contributed by atoms with Crippen molar-refractivity contribution >= 4 is 17.9 Å². The average molecular weight is 1040 g/mol. The Balaban J connectivity index is 4.39. The van der Waals surface area contributed by atoms with Crippen LogP contribution in [0.2, 0.25) is 0 Å². The van der Waals surface area contributed by atoms with E-state index >= 15 is 0 Å². The highest BCUT2D eigenvalue weighted by Gasteiger charge is 2.19. The Bertz CT molecular complexity index is 1520. The highest BCUT2D eigenvalue weighted by molar-refractivity contribution is 5.71. The van der Waals surface area contributed by atoms with Gasteiger partial charge in [0.2, 0.25) is 0 Å². The monoisotopic (exact) mass is 1040 g/mol. The van der Waals surface area contributed by atoms with Crippen LogP contribution in [0.3, 0.4) is 0 Å². The van der Waals surface area contributed by atoms with Crippen LogP contribution in [-0.4, -0.2) is 37.2 Å². The van der Waals surface area contributed by atoms with Crippen molar-refractivity contribution in [2.45, 2.75) is 297 Å². The zero-order valence-corrected chi connectivity index (χ0v) is 49.0. The third-order valence-corrected chi connectivity index (χ3v) is 13.2. The van der Waals surface area contributed by atoms with Crippen molar-refractivity contribution in [3.63, 3.8) is 0 Å². The minimum atomic E-state index is -0.818. The van der Waals surface area contributed by atoms with E-state index in [0.717, 1.165) is 116 Å². The SMILES string of the molecule is CC/C=C\C/C=C\C/C=C\C/C=C\C/C=C\CCCC(=O)OC(COC(=O)CCCCCCC/C=C\C/C=C\C/C=C\CC)COC(=O)CCCCCCCCCCCCCCC/C=C\CCCCCCCCCC. The molecule has 0 saturated heterocycles. The number of rotatable bonds is 56. The molecule has 0 amide bonds. The summed E-state index contributed by atoms with van der Waals surface area (Å²) < 4.78 is 16.8. The molecular weight excluding hydrogens is 925 g/mol. The maximum absolute atomic E-state index is 12.9. The topological polar surface area (TPSA) is 78.9 Å². The van der Waals surface area contributed by atoms with Crippen LogP contribution >= 0.6 is 0 Å². The Labute approximate surface area is 463 Å². The molecule has 0 fully saturated rings. The number of esters is 3. The van der Waals surface area contributed by atoms with Gasteiger partial charge in [-0.15, -0.1) is 0 Å². The summed E-state index contributed by atoms with van der Waals surface area (Å²) in [5.41, 5.74) is 0. The Morgan fingerprint density at radius 1 is 0.280 bits per heavy atom. The van der Waals surface area contributed by atoms with Gasteiger partial charge in [0.05, 0.1) is 0 Å². The number of allylic oxidation sites excluding steroid dienone is 18. The summed E-state index contributed by atoms with van der Waals surface area (Å²) in [6.45, 7) is 6.37. The van der Waals surface area contributed by atoms with Gasteiger partial charge in [0.1, 0.15) is 13.2 Å². The number of hydrogen-bond donors (Lipinski definition) is 0. The van der Waals surface area contributed by atoms with E-state index in [0.29, 0.717) is 19.3 Å². The highest BCUT2D eigenvalue weighted by Crippen LogP contribution is 2.16. The Morgan fingerprint density at radius 3 is 0.867 bits per heavy atom. The largest absolute Gasteiger partial charge is 0.462 e. The van der Waals surface area contributed by atoms with Crippen LogP contribution in [0.5, 0.6) is 0 Å². The molecule has 0 aromatic rings. The molecule has 6 heteroatoms. The molecule has 0 aromatic carbocycles. The second-order valence-electron chi connectivity index (χ2n) is 20.5. The van der Waals surface area contributed by atoms with E-state index < -0.39 is 6.10 Å². The fraction of sp³-hybridized carbons (Fsp3) is 0.696. The molecular formula is C69H116O6. The summed E-state index contributed by atoms with van der Waals surface area (Å²) in [4.78, 5) is 38.2. The molecule has 0 aliphatic carbocycles. The van der Waals surface area contributed by atoms with Crippen LogP contribution in [0.4, 0.5) is 0 Å². The molecule has 1 atom stereocenters. The average Bonchev–Trinajstić information content (AvgIpc) is 3.41. The van der Waals surface area contributed by atoms with Crippen molar-refractivity contribution in [1.82, 2.24) is 0 Å². The molecule has 0 rings (SSSR count). The summed E-state index contributed by atoms with van der Waals surface area (Å²) >= 11 is 0. The van der Waals surface area contributed by atoms with Gasteiger partial charge in [-0.25, -0.2) is 0 Å². The molecule has 75 heavy (non-hydrogen) atoms. The summed E-state index contributed by atoms with van der Waals surface area (Å²) in [5, 5.41) is 0. The van der Waals surface area contributed by atoms with Gasteiger partial charge < -0.3 is 14.2 Å². The summed E-state index contributed by atoms with van der Waals surface area (Å²) in [5.74, 6) is -0.979. The lowest BCUT2D eigenvalue weighted by atomic mass is 10.0. The van der Waals surface area contributed by atoms with Gasteiger partial charge >= 0.3 is 17.9 Å². The van der Waals surface area contributed by atoms with Gasteiger partial charge in [-0.3, -0.25) is 14.4 Å². The maximum atomic E-state index is 12.9. The van der Waals surface area contributed by atoms with E-state index in [4.69, 9.17) is 14.2 Å². The van der Waals surface area contributed by atoms with Crippen molar-refractivity contribution in [1.29, 1.82) is 0 Å². The first kappa shape index (κ1) is 71.1. The quantitative estimate of drug-likeness (QED) is 0.0261. The van der Waals surface area contributed by atoms with Gasteiger partial charge in [0, 0.05) is 19.3 Å². The molecule has 0 N–H and O–H groups in total. The maximum Gasteiger partial charge on any atom is 0.306 e. The van der Waals surface area contributed by atoms with Crippen LogP contribution in [0.25, 0.3) is 0 Å². The van der Waals surface area contributed by atoms with Crippen molar-refractivity contribution in [3.8, 4) is 0 Å². The Kier molecular flexibility index (Phi) is 59.3. The molecule has 0 radical (unpaired) electrons. The second kappa shape index (κ2) is 62.6. The zero-order chi connectivity index (χ0) is 54.3. The lowest BCUT2D eigenvalue weighted by Gasteiger charge is -2.18. The number of hydrogen-bond acceptors (Lipinski definition) is 6. The molecule has 0 aromatic heterocycles. The minimum absolute atomic E-state index is 0.107. The van der Waals surface area contributed by atoms with E-state index in [1.807, 2.05) is 0 Å². The molecule has 0 aliphatic rings. The summed E-state index contributed by atoms with van der Waals surface area (Å²) in [7, 11) is 0. The first-order valence-corrected chi connectivity index (χ1v) is 31.4. The molecule has 1 unspecified atom stereocenters. The van der Waals surface area contributed by atoms with Crippen molar-refractivity contribution in [2.75, 3.05) is 13.2 Å². The smallest absolute Gasteiger partial charge is 0.306 e. The lowest BCUT2D eigenvalue weighted by Crippen LogP contribution is -2.30. The van der Waals surface area contributed by atoms with E-state index in [2.05, 4.69) is 130 Å². The van der Waals surface area contributed by atoms with E-state index in [1.165, 1.54) is 128 Å². The molecule has 0 aliphatic heterocycles. The number of unbranched alkanes of at least 4 members (excludes halogenated alkanes) is 27. The van der Waals surface area contributed by atoms with E-state index in [1.54, 1.807) is 0 Å². The van der Waals surface area contributed by atoms with Crippen LogP contribution in [0.1, 0.15) is 290 Å². The number of carbonyl (C=O) groups is 3. The molecule has 0 heterocycles. The Hall–Kier alpha value is -3.93. The Morgan fingerprint density at radius 2 is 0.533 bits per heavy atom. The van der Waals surface area contributed by atoms with Gasteiger partial charge in [0.25, 0.3) is 0 Å². The van der Waals surface area contributed by atoms with Crippen molar-refractivity contribution < 1.29 is 28.6 Å². The predicted octanol–water partition coefficient (Wildman–Crippen LogP) is 21.4. The molecule has 6 nitrogen and oxygen atoms in total. The van der Waals surface area contributed by atoms with Crippen molar-refractivity contribution in [2.24, 2.45) is 0 Å². The van der Waals surface area contributed by atoms with Gasteiger partial charge in [-0.1, -0.05) is 265 Å². The van der Waals surface area contributed by atoms with E-state index in [9.17, 15) is 14.4 Å². The highest BCUT2D eigenvalue weighted by atomic mass is 16.6. The number of ether oxygens (including phenoxy) is 3. The summed E-state index contributed by atoms with van der Waals surface area (Å²) in [6.07, 6.45) is 85.4. The first-order valence-electron chi connectivity index (χ1n) is 31.4. The lowest BCUT2D eigenvalue weighted by molar-refractivity contribution is -0.167. The van der Waals surface area contributed by atoms with Crippen LogP contribution in [0.15, 0.2) is 109 Å². The van der Waals surface area contributed by atoms with Gasteiger partial charge in [-0.2, -0.15) is 0 Å². The van der Waals surface area contributed by atoms with Gasteiger partial charge in [-0.05, 0) is 116 Å². The van der Waals surface area contributed by atoms with Crippen molar-refractivity contribution in [3.05, 3.63) is 109 Å². The number of carbonyl (C=O) groups excluding carboxylic acids is 3. The first-order chi connectivity index (χ1) is 37.0. The molecule has 428 valence electrons. The minimum Gasteiger partial charge on any atom is -0.462 e. The normalized spacial score (nSPS) is 12.8. The third-order valence-electron chi connectivity index (χ3n) is 13.2. The fourth-order valence-electron chi connectivity index (χ4n) is 8.61.